The van der Waals surface area contributed by atoms with Gasteiger partial charge in [-0.1, -0.05) is 59.2 Å². The van der Waals surface area contributed by atoms with E-state index >= 15 is 0 Å². The smallest absolute Gasteiger partial charge is 0.317 e. The SMILES string of the molecule is CC[C@H]1OC(=O)[C@H](C)[C@@H](O[C@H]2C[C@@](C)(OC)[C@@H](O)[C@H](C)O2)[C@H](C)[C@@H](O[C@@H]2O[C@H](C)C[C@H](N(C)C)[C@H]2O)[C@](C)(O)C[C@@H](C)CN(C(=S)Nc2cccc(Cl)c2)[C@H](C)[C@@H](O)[C@]1(C)O.CC[C@H]1OC(=O)[C@H](C)[C@@H](O[C@H]2C[C@@](C)(OC)[C@@H](O)[C@H](C)O2)[C@H](C)[C@@H](O[C@@H]2O[C@H](C)C[C@H](N(C)C)[C@H]2OC(C)=O)[C@](C)(O)C[C@@H](C)CN(C(=O)NC(C)C)[C@H](C)[C@@H](O)[C@]1(C)O. The van der Waals surface area contributed by atoms with Crippen LogP contribution in [0, 0.1) is 35.5 Å². The second-order valence-electron chi connectivity index (χ2n) is 37.9. The Bertz CT molecular complexity index is 3460. The molecule has 11 N–H and O–H groups in total. The van der Waals surface area contributed by atoms with Crippen molar-refractivity contribution in [2.75, 3.05) is 60.8 Å². The largest absolute Gasteiger partial charge is 0.459 e. The molecule has 1 aromatic carbocycles. The molecule has 0 radical (unpaired) electrons. The third-order valence-corrected chi connectivity index (χ3v) is 26.7. The van der Waals surface area contributed by atoms with Gasteiger partial charge in [-0.3, -0.25) is 14.4 Å². The number of aliphatic hydroxyl groups is 9. The van der Waals surface area contributed by atoms with Crippen LogP contribution in [0.5, 0.6) is 0 Å². The van der Waals surface area contributed by atoms with Crippen molar-refractivity contribution >= 4 is 58.6 Å². The van der Waals surface area contributed by atoms with Gasteiger partial charge in [0.05, 0.1) is 101 Å². The third kappa shape index (κ3) is 26.2. The Morgan fingerprint density at radius 1 is 0.587 bits per heavy atom. The summed E-state index contributed by atoms with van der Waals surface area (Å²) in [6.45, 7) is 39.3. The highest BCUT2D eigenvalue weighted by atomic mass is 35.5. The topological polar surface area (TPSA) is 407 Å². The minimum Gasteiger partial charge on any atom is -0.459 e. The number of aliphatic hydroxyl groups excluding tert-OH is 5. The first-order chi connectivity index (χ1) is 55.9. The predicted molar refractivity (Wildman–Crippen MR) is 457 cm³/mol. The lowest BCUT2D eigenvalue weighted by molar-refractivity contribution is -0.318. The molecule has 6 aliphatic rings. The van der Waals surface area contributed by atoms with Crippen molar-refractivity contribution in [1.82, 2.24) is 24.9 Å². The molecule has 700 valence electrons. The zero-order chi connectivity index (χ0) is 91.8. The molecular weight excluding hydrogens is 1610 g/mol. The number of esters is 3. The number of nitrogens with one attached hydrogen (secondary N) is 2. The van der Waals surface area contributed by atoms with Gasteiger partial charge in [-0.15, -0.1) is 0 Å². The van der Waals surface area contributed by atoms with Crippen molar-refractivity contribution in [3.63, 3.8) is 0 Å². The van der Waals surface area contributed by atoms with Crippen molar-refractivity contribution in [1.29, 1.82) is 0 Å². The fourth-order valence-electron chi connectivity index (χ4n) is 19.0. The van der Waals surface area contributed by atoms with Crippen LogP contribution in [0.2, 0.25) is 5.02 Å². The average Bonchev–Trinajstić information content (AvgIpc) is 1.76. The number of methoxy groups -OCH3 is 2. The Balaban J connectivity index is 0.000000375. The summed E-state index contributed by atoms with van der Waals surface area (Å²) in [6, 6.07) is 3.81. The molecule has 7 rings (SSSR count). The number of ether oxygens (including phenoxy) is 13. The number of rotatable bonds is 17. The van der Waals surface area contributed by atoms with E-state index in [1.165, 1.54) is 39.9 Å². The lowest BCUT2D eigenvalue weighted by atomic mass is 9.77. The Hall–Kier alpha value is -3.96. The first-order valence-corrected chi connectivity index (χ1v) is 44.1. The number of anilines is 1. The Morgan fingerprint density at radius 2 is 0.992 bits per heavy atom. The molecule has 6 aliphatic heterocycles. The second-order valence-corrected chi connectivity index (χ2v) is 38.7. The summed E-state index contributed by atoms with van der Waals surface area (Å²) in [7, 11) is 10.5. The number of thiocarbonyl (C=S) groups is 1. The van der Waals surface area contributed by atoms with E-state index in [-0.39, 0.29) is 93.0 Å². The highest BCUT2D eigenvalue weighted by Gasteiger charge is 2.57. The standard InChI is InChI=1S/C44H74ClN3O12S.C43H79N3O14/c1-14-32-44(10,54)36(50)27(6)48(41(61)46-30-17-15-16-29(45)19-30)22-23(2)20-42(8,53)38(60-40-34(49)31(47(11)12)18-24(3)56-40)25(4)35(26(5)39(52)58-32)59-33-21-43(9,55-13)37(51)28(7)57-33;1-17-31-43(13,53)35(48)27(8)46(40(51)44-22(2)3)21-23(4)19-41(11,52)37(60-39-34(57-29(10)47)30(45(14)15)18-24(5)55-39)25(6)33(26(7)38(50)58-31)59-32-20-42(12,54-16)36(49)28(9)56-32/h15-17,19,23-28,31-38,40,49-51,53-54H,14,18,20-22H2,1-13H3,(H,46,61);22-28,30-37,39,48-49,52-53H,17-21H2,1-16H3,(H,44,51)/t23-,24-,25+,26-,27-,28+,31+,32-,33+,34-,35+,36-,37+,38-,40+,42-,43-,44-;23-,24-,25+,26-,27-,28+,30+,31-,32+,33+,34-,35-,36+,37-,39+,41-,42-,43-/m11/s1. The molecular formula is C87H153ClN6O26S. The van der Waals surface area contributed by atoms with Crippen LogP contribution in [0.4, 0.5) is 10.5 Å². The van der Waals surface area contributed by atoms with Gasteiger partial charge in [-0.2, -0.15) is 0 Å². The van der Waals surface area contributed by atoms with Gasteiger partial charge in [-0.25, -0.2) is 4.79 Å². The molecule has 0 aliphatic carbocycles. The van der Waals surface area contributed by atoms with Crippen molar-refractivity contribution in [3.05, 3.63) is 29.3 Å². The maximum absolute atomic E-state index is 14.5. The van der Waals surface area contributed by atoms with E-state index in [1.54, 1.807) is 126 Å². The first-order valence-electron chi connectivity index (χ1n) is 43.3. The van der Waals surface area contributed by atoms with Crippen LogP contribution in [0.25, 0.3) is 0 Å². The van der Waals surface area contributed by atoms with E-state index in [9.17, 15) is 65.1 Å². The number of hydrogen-bond donors (Lipinski definition) is 11. The van der Waals surface area contributed by atoms with Crippen molar-refractivity contribution in [3.8, 4) is 0 Å². The van der Waals surface area contributed by atoms with Crippen LogP contribution >= 0.6 is 23.8 Å². The Morgan fingerprint density at radius 3 is 1.39 bits per heavy atom. The van der Waals surface area contributed by atoms with Crippen LogP contribution < -0.4 is 10.6 Å². The minimum absolute atomic E-state index is 0.0261. The number of urea groups is 1. The Labute approximate surface area is 729 Å². The normalized spacial score (nSPS) is 43.9. The van der Waals surface area contributed by atoms with E-state index in [0.29, 0.717) is 23.6 Å². The summed E-state index contributed by atoms with van der Waals surface area (Å²) in [5.41, 5.74) is -8.96. The van der Waals surface area contributed by atoms with E-state index in [1.807, 2.05) is 79.5 Å². The third-order valence-electron chi connectivity index (χ3n) is 26.1. The van der Waals surface area contributed by atoms with Gasteiger partial charge in [0.25, 0.3) is 0 Å². The summed E-state index contributed by atoms with van der Waals surface area (Å²) in [5, 5.41) is 114. The molecule has 121 heavy (non-hydrogen) atoms. The lowest BCUT2D eigenvalue weighted by Crippen LogP contribution is -2.62. The average molecular weight is 1770 g/mol. The summed E-state index contributed by atoms with van der Waals surface area (Å²) >= 11 is 12.3. The van der Waals surface area contributed by atoms with Gasteiger partial charge in [0, 0.05) is 81.7 Å². The van der Waals surface area contributed by atoms with Crippen LogP contribution in [0.3, 0.4) is 0 Å². The van der Waals surface area contributed by atoms with Crippen LogP contribution in [0.1, 0.15) is 211 Å². The summed E-state index contributed by atoms with van der Waals surface area (Å²) in [6.07, 6.45) is -18.8. The number of amides is 2. The first kappa shape index (κ1) is 106. The van der Waals surface area contributed by atoms with Gasteiger partial charge in [0.2, 0.25) is 0 Å². The number of cyclic esters (lactones) is 2. The molecule has 0 spiro atoms. The van der Waals surface area contributed by atoms with Crippen molar-refractivity contribution in [2.24, 2.45) is 35.5 Å². The maximum atomic E-state index is 14.5. The number of benzene rings is 1. The van der Waals surface area contributed by atoms with E-state index in [2.05, 4.69) is 10.6 Å². The van der Waals surface area contributed by atoms with Crippen molar-refractivity contribution in [2.45, 2.75) is 397 Å². The molecule has 36 atom stereocenters. The monoisotopic (exact) mass is 1770 g/mol. The van der Waals surface area contributed by atoms with Gasteiger partial charge < -0.3 is 138 Å². The fourth-order valence-corrected chi connectivity index (χ4v) is 19.5. The van der Waals surface area contributed by atoms with Gasteiger partial charge >= 0.3 is 23.9 Å². The predicted octanol–water partition coefficient (Wildman–Crippen LogP) is 7.28. The van der Waals surface area contributed by atoms with Crippen molar-refractivity contribution < 1.29 is 127 Å². The summed E-state index contributed by atoms with van der Waals surface area (Å²) < 4.78 is 81.9. The van der Waals surface area contributed by atoms with E-state index < -0.39 is 210 Å². The quantitative estimate of drug-likeness (QED) is 0.0414. The number of hydrogen-bond acceptors (Lipinski definition) is 29. The molecule has 6 heterocycles. The Kier molecular flexibility index (Phi) is 38.4. The molecule has 1 aromatic rings. The fraction of sp³-hybridized carbons (Fsp3) is 0.874. The lowest BCUT2D eigenvalue weighted by Gasteiger charge is -2.49. The molecule has 32 nitrogen and oxygen atoms in total. The highest BCUT2D eigenvalue weighted by Crippen LogP contribution is 2.45. The van der Waals surface area contributed by atoms with E-state index in [4.69, 9.17) is 85.4 Å². The number of carbonyl (C=O) groups excluding carboxylic acids is 4. The summed E-state index contributed by atoms with van der Waals surface area (Å²) in [5.74, 6) is -6.75. The van der Waals surface area contributed by atoms with E-state index in [0.717, 1.165) is 0 Å². The molecule has 34 heteroatoms. The number of halogens is 1. The van der Waals surface area contributed by atoms with Gasteiger partial charge in [-0.05, 0) is 220 Å². The zero-order valence-electron chi connectivity index (χ0n) is 77.3. The molecule has 0 bridgehead atoms. The minimum atomic E-state index is -2.02. The van der Waals surface area contributed by atoms with Gasteiger partial charge in [0.1, 0.15) is 53.9 Å². The molecule has 0 unspecified atom stereocenters. The van der Waals surface area contributed by atoms with Gasteiger partial charge in [0.15, 0.2) is 36.4 Å². The molecule has 2 amide bonds. The second kappa shape index (κ2) is 43.9. The molecule has 6 saturated heterocycles. The van der Waals surface area contributed by atoms with Crippen LogP contribution in [0.15, 0.2) is 24.3 Å². The number of likely N-dealkylation sites (N-methyl/N-ethyl adjacent to an activating group) is 2. The van der Waals surface area contributed by atoms with Crippen LogP contribution in [-0.4, -0.2) is 337 Å². The van der Waals surface area contributed by atoms with Crippen LogP contribution in [-0.2, 0) is 76.0 Å². The highest BCUT2D eigenvalue weighted by molar-refractivity contribution is 7.80. The summed E-state index contributed by atoms with van der Waals surface area (Å²) in [4.78, 5) is 62.4. The molecule has 0 aromatic heterocycles. The number of nitrogens with zero attached hydrogens (tertiary/aromatic N) is 4. The molecule has 6 fully saturated rings. The zero-order valence-corrected chi connectivity index (χ0v) is 78.9. The molecule has 0 saturated carbocycles. The maximum Gasteiger partial charge on any atom is 0.317 e. The number of carbonyl (C=O) groups is 4.